The molecule has 0 saturated carbocycles. The number of carbonyl (C=O) groups is 1. The van der Waals surface area contributed by atoms with Gasteiger partial charge in [0.05, 0.1) is 13.2 Å². The van der Waals surface area contributed by atoms with Crippen LogP contribution in [0.25, 0.3) is 0 Å². The quantitative estimate of drug-likeness (QED) is 0.774. The van der Waals surface area contributed by atoms with Crippen molar-refractivity contribution in [3.8, 4) is 0 Å². The van der Waals surface area contributed by atoms with Gasteiger partial charge < -0.3 is 9.64 Å². The third kappa shape index (κ3) is 3.80. The van der Waals surface area contributed by atoms with Crippen molar-refractivity contribution in [3.05, 3.63) is 52.0 Å². The zero-order valence-electron chi connectivity index (χ0n) is 14.2. The molecule has 0 atom stereocenters. The standard InChI is InChI=1S/C17H19FN2O4S2/c1-19(12-13-4-2-3-5-14(13)18)17(21)16-15(6-11-25-16)26(22,23)20-7-9-24-10-8-20/h2-6,11H,7-10,12H2,1H3. The summed E-state index contributed by atoms with van der Waals surface area (Å²) in [6.45, 7) is 1.24. The maximum Gasteiger partial charge on any atom is 0.265 e. The lowest BCUT2D eigenvalue weighted by atomic mass is 10.2. The largest absolute Gasteiger partial charge is 0.379 e. The number of nitrogens with zero attached hydrogens (tertiary/aromatic N) is 2. The minimum atomic E-state index is -3.77. The molecule has 1 amide bonds. The van der Waals surface area contributed by atoms with Gasteiger partial charge in [-0.3, -0.25) is 4.79 Å². The second kappa shape index (κ2) is 7.83. The van der Waals surface area contributed by atoms with Crippen molar-refractivity contribution in [3.63, 3.8) is 0 Å². The molecule has 9 heteroatoms. The summed E-state index contributed by atoms with van der Waals surface area (Å²) in [6, 6.07) is 7.63. The molecule has 0 bridgehead atoms. The second-order valence-electron chi connectivity index (χ2n) is 5.88. The Hall–Kier alpha value is -1.81. The number of carbonyl (C=O) groups excluding carboxylic acids is 1. The minimum absolute atomic E-state index is 0.00483. The molecule has 1 saturated heterocycles. The van der Waals surface area contributed by atoms with Crippen molar-refractivity contribution >= 4 is 27.3 Å². The number of halogens is 1. The van der Waals surface area contributed by atoms with Crippen LogP contribution in [-0.2, 0) is 21.3 Å². The molecular formula is C17H19FN2O4S2. The highest BCUT2D eigenvalue weighted by Gasteiger charge is 2.32. The van der Waals surface area contributed by atoms with E-state index in [1.54, 1.807) is 23.6 Å². The average Bonchev–Trinajstić information content (AvgIpc) is 3.14. The molecule has 0 aliphatic carbocycles. The van der Waals surface area contributed by atoms with E-state index in [2.05, 4.69) is 0 Å². The number of benzene rings is 1. The minimum Gasteiger partial charge on any atom is -0.379 e. The molecule has 26 heavy (non-hydrogen) atoms. The maximum absolute atomic E-state index is 13.8. The molecule has 1 fully saturated rings. The van der Waals surface area contributed by atoms with Crippen molar-refractivity contribution < 1.29 is 22.3 Å². The number of hydrogen-bond donors (Lipinski definition) is 0. The van der Waals surface area contributed by atoms with E-state index >= 15 is 0 Å². The van der Waals surface area contributed by atoms with Gasteiger partial charge in [0.1, 0.15) is 15.6 Å². The molecular weight excluding hydrogens is 379 g/mol. The van der Waals surface area contributed by atoms with E-state index in [9.17, 15) is 17.6 Å². The monoisotopic (exact) mass is 398 g/mol. The van der Waals surface area contributed by atoms with Crippen LogP contribution in [0.1, 0.15) is 15.2 Å². The number of thiophene rings is 1. The Morgan fingerprint density at radius 1 is 1.27 bits per heavy atom. The molecule has 2 aromatic rings. The Balaban J connectivity index is 1.83. The molecule has 6 nitrogen and oxygen atoms in total. The van der Waals surface area contributed by atoms with E-state index in [-0.39, 0.29) is 29.4 Å². The average molecular weight is 398 g/mol. The van der Waals surface area contributed by atoms with Crippen LogP contribution in [0.5, 0.6) is 0 Å². The lowest BCUT2D eigenvalue weighted by molar-refractivity contribution is 0.0728. The molecule has 1 aromatic heterocycles. The van der Waals surface area contributed by atoms with E-state index in [1.807, 2.05) is 0 Å². The molecule has 0 radical (unpaired) electrons. The fourth-order valence-electron chi connectivity index (χ4n) is 2.71. The zero-order chi connectivity index (χ0) is 18.7. The molecule has 1 aliphatic rings. The van der Waals surface area contributed by atoms with Crippen LogP contribution in [0, 0.1) is 5.82 Å². The van der Waals surface area contributed by atoms with Gasteiger partial charge in [-0.05, 0) is 17.5 Å². The summed E-state index contributed by atoms with van der Waals surface area (Å²) in [4.78, 5) is 14.2. The summed E-state index contributed by atoms with van der Waals surface area (Å²) >= 11 is 1.07. The van der Waals surface area contributed by atoms with Crippen molar-refractivity contribution in [2.24, 2.45) is 0 Å². The molecule has 1 aromatic carbocycles. The van der Waals surface area contributed by atoms with Gasteiger partial charge in [-0.15, -0.1) is 11.3 Å². The lowest BCUT2D eigenvalue weighted by Gasteiger charge is -2.26. The third-order valence-corrected chi connectivity index (χ3v) is 7.10. The summed E-state index contributed by atoms with van der Waals surface area (Å²) in [5.41, 5.74) is 0.373. The molecule has 0 N–H and O–H groups in total. The normalized spacial score (nSPS) is 15.8. The molecule has 140 valence electrons. The molecule has 0 unspecified atom stereocenters. The number of rotatable bonds is 5. The molecule has 2 heterocycles. The van der Waals surface area contributed by atoms with Crippen molar-refractivity contribution in [1.29, 1.82) is 0 Å². The highest BCUT2D eigenvalue weighted by molar-refractivity contribution is 7.89. The van der Waals surface area contributed by atoms with E-state index < -0.39 is 21.7 Å². The van der Waals surface area contributed by atoms with Gasteiger partial charge >= 0.3 is 0 Å². The highest BCUT2D eigenvalue weighted by atomic mass is 32.2. The van der Waals surface area contributed by atoms with Gasteiger partial charge in [-0.1, -0.05) is 18.2 Å². The number of amides is 1. The topological polar surface area (TPSA) is 66.9 Å². The summed E-state index contributed by atoms with van der Waals surface area (Å²) < 4.78 is 46.0. The Morgan fingerprint density at radius 3 is 2.65 bits per heavy atom. The first-order chi connectivity index (χ1) is 12.4. The van der Waals surface area contributed by atoms with E-state index in [4.69, 9.17) is 4.74 Å². The third-order valence-electron chi connectivity index (χ3n) is 4.12. The van der Waals surface area contributed by atoms with Crippen LogP contribution in [0.2, 0.25) is 0 Å². The smallest absolute Gasteiger partial charge is 0.265 e. The van der Waals surface area contributed by atoms with Gasteiger partial charge in [0, 0.05) is 32.2 Å². The van der Waals surface area contributed by atoms with Crippen LogP contribution in [-0.4, -0.2) is 56.9 Å². The van der Waals surface area contributed by atoms with Crippen molar-refractivity contribution in [2.45, 2.75) is 11.4 Å². The van der Waals surface area contributed by atoms with Gasteiger partial charge in [0.2, 0.25) is 10.0 Å². The number of sulfonamides is 1. The van der Waals surface area contributed by atoms with Crippen molar-refractivity contribution in [2.75, 3.05) is 33.4 Å². The van der Waals surface area contributed by atoms with E-state index in [1.165, 1.54) is 28.4 Å². The van der Waals surface area contributed by atoms with Gasteiger partial charge in [0.25, 0.3) is 5.91 Å². The van der Waals surface area contributed by atoms with E-state index in [0.717, 1.165) is 11.3 Å². The summed E-state index contributed by atoms with van der Waals surface area (Å²) in [5.74, 6) is -0.852. The number of hydrogen-bond acceptors (Lipinski definition) is 5. The number of ether oxygens (including phenoxy) is 1. The van der Waals surface area contributed by atoms with Crippen LogP contribution in [0.3, 0.4) is 0 Å². The molecule has 3 rings (SSSR count). The molecule has 0 spiro atoms. The highest BCUT2D eigenvalue weighted by Crippen LogP contribution is 2.27. The lowest BCUT2D eigenvalue weighted by Crippen LogP contribution is -2.41. The van der Waals surface area contributed by atoms with Gasteiger partial charge in [-0.2, -0.15) is 4.31 Å². The fraction of sp³-hybridized carbons (Fsp3) is 0.353. The zero-order valence-corrected chi connectivity index (χ0v) is 15.9. The van der Waals surface area contributed by atoms with Crippen LogP contribution >= 0.6 is 11.3 Å². The Kier molecular flexibility index (Phi) is 5.71. The van der Waals surface area contributed by atoms with Crippen LogP contribution < -0.4 is 0 Å². The van der Waals surface area contributed by atoms with Crippen LogP contribution in [0.4, 0.5) is 4.39 Å². The predicted octanol–water partition coefficient (Wildman–Crippen LogP) is 2.18. The Labute approximate surface area is 155 Å². The van der Waals surface area contributed by atoms with Gasteiger partial charge in [0.15, 0.2) is 0 Å². The Morgan fingerprint density at radius 2 is 1.96 bits per heavy atom. The first kappa shape index (κ1) is 19.0. The van der Waals surface area contributed by atoms with E-state index in [0.29, 0.717) is 18.8 Å². The van der Waals surface area contributed by atoms with Gasteiger partial charge in [-0.25, -0.2) is 12.8 Å². The second-order valence-corrected chi connectivity index (χ2v) is 8.71. The summed E-state index contributed by atoms with van der Waals surface area (Å²) in [6.07, 6.45) is 0. The molecule has 1 aliphatic heterocycles. The fourth-order valence-corrected chi connectivity index (χ4v) is 5.51. The SMILES string of the molecule is CN(Cc1ccccc1F)C(=O)c1sccc1S(=O)(=O)N1CCOCC1. The number of morpholine rings is 1. The first-order valence-corrected chi connectivity index (χ1v) is 10.4. The first-order valence-electron chi connectivity index (χ1n) is 8.05. The predicted molar refractivity (Wildman–Crippen MR) is 96.1 cm³/mol. The summed E-state index contributed by atoms with van der Waals surface area (Å²) in [7, 11) is -2.24. The summed E-state index contributed by atoms with van der Waals surface area (Å²) in [5, 5.41) is 1.58. The van der Waals surface area contributed by atoms with Crippen molar-refractivity contribution in [1.82, 2.24) is 9.21 Å². The maximum atomic E-state index is 13.8. The van der Waals surface area contributed by atoms with Crippen LogP contribution in [0.15, 0.2) is 40.6 Å². The Bertz CT molecular complexity index is 892.